The fraction of sp³-hybridized carbons (Fsp3) is 0.176. The first-order chi connectivity index (χ1) is 11.5. The molecule has 0 saturated carbocycles. The van der Waals surface area contributed by atoms with Crippen molar-refractivity contribution in [1.29, 1.82) is 0 Å². The molecule has 0 radical (unpaired) electrons. The molecular weight excluding hydrogens is 326 g/mol. The molecule has 4 rings (SSSR count). The van der Waals surface area contributed by atoms with Gasteiger partial charge in [-0.25, -0.2) is 0 Å². The molecule has 3 aromatic rings. The number of rotatable bonds is 3. The van der Waals surface area contributed by atoms with E-state index in [0.717, 1.165) is 35.2 Å². The second kappa shape index (κ2) is 5.38. The number of phenols is 1. The first-order valence-corrected chi connectivity index (χ1v) is 8.30. The molecule has 2 heterocycles. The molecule has 0 spiro atoms. The third-order valence-electron chi connectivity index (χ3n) is 4.14. The summed E-state index contributed by atoms with van der Waals surface area (Å²) < 4.78 is 7.80. The van der Waals surface area contributed by atoms with Crippen LogP contribution in [0.15, 0.2) is 30.5 Å². The molecule has 0 fully saturated rings. The summed E-state index contributed by atoms with van der Waals surface area (Å²) in [6.07, 6.45) is 3.41. The molecule has 1 aliphatic rings. The molecule has 7 heteroatoms. The van der Waals surface area contributed by atoms with Crippen molar-refractivity contribution in [1.82, 2.24) is 9.78 Å². The number of aromatic nitrogens is 2. The van der Waals surface area contributed by atoms with Gasteiger partial charge >= 0.3 is 0 Å². The maximum absolute atomic E-state index is 11.8. The zero-order valence-electron chi connectivity index (χ0n) is 12.9. The Hall–Kier alpha value is -2.80. The Morgan fingerprint density at radius 2 is 2.08 bits per heavy atom. The van der Waals surface area contributed by atoms with Gasteiger partial charge in [-0.15, -0.1) is 0 Å². The highest BCUT2D eigenvalue weighted by atomic mass is 32.1. The van der Waals surface area contributed by atoms with Crippen molar-refractivity contribution in [2.24, 2.45) is 12.8 Å². The Morgan fingerprint density at radius 3 is 2.79 bits per heavy atom. The van der Waals surface area contributed by atoms with Crippen LogP contribution in [0.3, 0.4) is 0 Å². The van der Waals surface area contributed by atoms with Crippen LogP contribution < -0.4 is 10.5 Å². The molecule has 122 valence electrons. The smallest absolute Gasteiger partial charge is 0.259 e. The van der Waals surface area contributed by atoms with Gasteiger partial charge in [-0.1, -0.05) is 11.3 Å². The van der Waals surface area contributed by atoms with Gasteiger partial charge in [0.1, 0.15) is 11.5 Å². The number of nitrogens with zero attached hydrogens (tertiary/aromatic N) is 2. The van der Waals surface area contributed by atoms with Crippen LogP contribution in [0.5, 0.6) is 16.6 Å². The predicted octanol–water partition coefficient (Wildman–Crippen LogP) is 2.84. The number of phenolic OH excluding ortho intramolecular Hbond substituents is 1. The number of benzene rings is 1. The Bertz CT molecular complexity index is 941. The van der Waals surface area contributed by atoms with Gasteiger partial charge in [0.2, 0.25) is 0 Å². The van der Waals surface area contributed by atoms with E-state index >= 15 is 0 Å². The first-order valence-electron chi connectivity index (χ1n) is 7.48. The number of primary amides is 1. The number of carbonyl (C=O) groups excluding carboxylic acids is 1. The van der Waals surface area contributed by atoms with Gasteiger partial charge < -0.3 is 15.6 Å². The molecule has 1 aromatic carbocycles. The van der Waals surface area contributed by atoms with Crippen LogP contribution in [-0.2, 0) is 19.9 Å². The molecule has 0 saturated heterocycles. The number of amides is 1. The number of thiophene rings is 1. The maximum Gasteiger partial charge on any atom is 0.259 e. The van der Waals surface area contributed by atoms with Gasteiger partial charge in [-0.05, 0) is 48.2 Å². The maximum atomic E-state index is 11.8. The van der Waals surface area contributed by atoms with Crippen molar-refractivity contribution in [3.8, 4) is 27.8 Å². The number of aromatic hydroxyl groups is 1. The second-order valence-corrected chi connectivity index (χ2v) is 6.66. The second-order valence-electron chi connectivity index (χ2n) is 5.67. The minimum absolute atomic E-state index is 0.169. The van der Waals surface area contributed by atoms with Gasteiger partial charge in [-0.2, -0.15) is 5.10 Å². The van der Waals surface area contributed by atoms with Gasteiger partial charge in [0.15, 0.2) is 5.06 Å². The third-order valence-corrected chi connectivity index (χ3v) is 5.27. The van der Waals surface area contributed by atoms with E-state index in [9.17, 15) is 9.90 Å². The summed E-state index contributed by atoms with van der Waals surface area (Å²) in [5.74, 6) is 0.312. The highest BCUT2D eigenvalue weighted by Crippen LogP contribution is 2.48. The van der Waals surface area contributed by atoms with Crippen molar-refractivity contribution >= 4 is 17.2 Å². The minimum Gasteiger partial charge on any atom is -0.508 e. The summed E-state index contributed by atoms with van der Waals surface area (Å²) in [6, 6.07) is 6.47. The van der Waals surface area contributed by atoms with Crippen LogP contribution in [-0.4, -0.2) is 20.8 Å². The monoisotopic (exact) mass is 341 g/mol. The SMILES string of the molecule is Cn1ncc2c1-c1c(Oc3ccc(O)cc3)sc(C(N)=O)c1CC2. The standard InChI is InChI=1S/C17H15N3O3S/c1-20-14-9(8-19-20)2-7-12-13(14)17(24-15(12)16(18)22)23-11-5-3-10(21)4-6-11/h3-6,8,21H,2,7H2,1H3,(H2,18,22). The number of hydrogen-bond acceptors (Lipinski definition) is 5. The number of hydrogen-bond donors (Lipinski definition) is 2. The topological polar surface area (TPSA) is 90.4 Å². The van der Waals surface area contributed by atoms with Gasteiger partial charge in [0.05, 0.1) is 22.3 Å². The fourth-order valence-electron chi connectivity index (χ4n) is 3.06. The molecule has 0 bridgehead atoms. The Labute approximate surface area is 142 Å². The van der Waals surface area contributed by atoms with Crippen LogP contribution in [0.25, 0.3) is 11.3 Å². The summed E-state index contributed by atoms with van der Waals surface area (Å²) in [5.41, 5.74) is 9.48. The normalized spacial score (nSPS) is 12.5. The molecule has 0 aliphatic heterocycles. The molecular formula is C17H15N3O3S. The van der Waals surface area contributed by atoms with Crippen molar-refractivity contribution in [2.75, 3.05) is 0 Å². The number of fused-ring (bicyclic) bond motifs is 3. The van der Waals surface area contributed by atoms with Crippen LogP contribution in [0.1, 0.15) is 20.8 Å². The van der Waals surface area contributed by atoms with E-state index in [-0.39, 0.29) is 5.75 Å². The van der Waals surface area contributed by atoms with Crippen LogP contribution in [0.4, 0.5) is 0 Å². The summed E-state index contributed by atoms with van der Waals surface area (Å²) in [4.78, 5) is 12.4. The lowest BCUT2D eigenvalue weighted by Gasteiger charge is -2.16. The average molecular weight is 341 g/mol. The first kappa shape index (κ1) is 14.8. The van der Waals surface area contributed by atoms with E-state index in [1.807, 2.05) is 13.2 Å². The third kappa shape index (κ3) is 2.25. The summed E-state index contributed by atoms with van der Waals surface area (Å²) in [7, 11) is 1.87. The van der Waals surface area contributed by atoms with Crippen molar-refractivity contribution in [3.63, 3.8) is 0 Å². The summed E-state index contributed by atoms with van der Waals surface area (Å²) in [5, 5.41) is 14.4. The van der Waals surface area contributed by atoms with E-state index in [0.29, 0.717) is 15.7 Å². The Morgan fingerprint density at radius 1 is 1.33 bits per heavy atom. The van der Waals surface area contributed by atoms with Gasteiger partial charge in [0, 0.05) is 7.05 Å². The number of aryl methyl sites for hydroxylation is 2. The molecule has 6 nitrogen and oxygen atoms in total. The lowest BCUT2D eigenvalue weighted by molar-refractivity contribution is 0.100. The molecule has 0 unspecified atom stereocenters. The van der Waals surface area contributed by atoms with Gasteiger partial charge in [-0.3, -0.25) is 9.48 Å². The molecule has 1 amide bonds. The molecule has 2 aromatic heterocycles. The zero-order valence-corrected chi connectivity index (χ0v) is 13.8. The Kier molecular flexibility index (Phi) is 3.31. The lowest BCUT2D eigenvalue weighted by Crippen LogP contribution is -2.13. The quantitative estimate of drug-likeness (QED) is 0.766. The van der Waals surface area contributed by atoms with E-state index in [1.54, 1.807) is 28.9 Å². The molecule has 1 aliphatic carbocycles. The average Bonchev–Trinajstić information content (AvgIpc) is 3.11. The number of nitrogens with two attached hydrogens (primary N) is 1. The highest BCUT2D eigenvalue weighted by molar-refractivity contribution is 7.16. The van der Waals surface area contributed by atoms with Crippen molar-refractivity contribution in [3.05, 3.63) is 46.5 Å². The van der Waals surface area contributed by atoms with E-state index in [1.165, 1.54) is 11.3 Å². The Balaban J connectivity index is 1.87. The lowest BCUT2D eigenvalue weighted by atomic mass is 9.91. The molecule has 0 atom stereocenters. The summed E-state index contributed by atoms with van der Waals surface area (Å²) in [6.45, 7) is 0. The zero-order chi connectivity index (χ0) is 16.8. The van der Waals surface area contributed by atoms with Gasteiger partial charge in [0.25, 0.3) is 5.91 Å². The number of carbonyl (C=O) groups is 1. The minimum atomic E-state index is -0.442. The van der Waals surface area contributed by atoms with Crippen LogP contribution in [0, 0.1) is 0 Å². The summed E-state index contributed by atoms with van der Waals surface area (Å²) >= 11 is 1.26. The van der Waals surface area contributed by atoms with E-state index in [2.05, 4.69) is 5.10 Å². The molecule has 3 N–H and O–H groups in total. The largest absolute Gasteiger partial charge is 0.508 e. The van der Waals surface area contributed by atoms with Crippen molar-refractivity contribution < 1.29 is 14.6 Å². The van der Waals surface area contributed by atoms with Crippen molar-refractivity contribution in [2.45, 2.75) is 12.8 Å². The van der Waals surface area contributed by atoms with E-state index in [4.69, 9.17) is 10.5 Å². The van der Waals surface area contributed by atoms with Crippen LogP contribution >= 0.6 is 11.3 Å². The fourth-order valence-corrected chi connectivity index (χ4v) is 4.13. The van der Waals surface area contributed by atoms with E-state index < -0.39 is 5.91 Å². The van der Waals surface area contributed by atoms with Crippen LogP contribution in [0.2, 0.25) is 0 Å². The number of ether oxygens (including phenoxy) is 1. The highest BCUT2D eigenvalue weighted by Gasteiger charge is 2.30. The molecule has 24 heavy (non-hydrogen) atoms. The predicted molar refractivity (Wildman–Crippen MR) is 90.6 cm³/mol.